The maximum Gasteiger partial charge on any atom is 0.407 e. The Morgan fingerprint density at radius 2 is 1.06 bits per heavy atom. The zero-order valence-electron chi connectivity index (χ0n) is 18.7. The maximum absolute atomic E-state index is 11.4. The highest BCUT2D eigenvalue weighted by molar-refractivity contribution is 5.68. The number of aliphatic hydroxyl groups is 2. The summed E-state index contributed by atoms with van der Waals surface area (Å²) in [6, 6.07) is 18.7. The van der Waals surface area contributed by atoms with E-state index in [0.29, 0.717) is 12.8 Å². The molecule has 0 bridgehead atoms. The van der Waals surface area contributed by atoms with Crippen molar-refractivity contribution in [2.45, 2.75) is 50.3 Å². The first-order chi connectivity index (χ1) is 16.5. The summed E-state index contributed by atoms with van der Waals surface area (Å²) in [6.07, 6.45) is 6.06. The zero-order valence-corrected chi connectivity index (χ0v) is 18.7. The second kappa shape index (κ2) is 13.2. The minimum Gasteiger partial charge on any atom is -0.445 e. The van der Waals surface area contributed by atoms with Crippen LogP contribution in [0.3, 0.4) is 0 Å². The molecule has 2 aliphatic carbocycles. The summed E-state index contributed by atoms with van der Waals surface area (Å²) < 4.78 is 10.1. The van der Waals surface area contributed by atoms with Crippen LogP contribution in [0.2, 0.25) is 0 Å². The molecule has 0 fully saturated rings. The van der Waals surface area contributed by atoms with Crippen LogP contribution in [0, 0.1) is 0 Å². The van der Waals surface area contributed by atoms with E-state index >= 15 is 0 Å². The van der Waals surface area contributed by atoms with Gasteiger partial charge in [-0.15, -0.1) is 0 Å². The van der Waals surface area contributed by atoms with E-state index in [1.807, 2.05) is 60.7 Å². The predicted molar refractivity (Wildman–Crippen MR) is 127 cm³/mol. The zero-order chi connectivity index (χ0) is 24.2. The molecule has 4 N–H and O–H groups in total. The van der Waals surface area contributed by atoms with Crippen molar-refractivity contribution in [2.24, 2.45) is 0 Å². The highest BCUT2D eigenvalue weighted by Crippen LogP contribution is 2.11. The molecule has 2 aliphatic rings. The largest absolute Gasteiger partial charge is 0.445 e. The highest BCUT2D eigenvalue weighted by atomic mass is 16.6. The molecule has 180 valence electrons. The molecular formula is C26H30N2O6. The molecule has 8 nitrogen and oxygen atoms in total. The number of amides is 2. The molecule has 0 spiro atoms. The third kappa shape index (κ3) is 9.09. The van der Waals surface area contributed by atoms with Gasteiger partial charge >= 0.3 is 12.2 Å². The Morgan fingerprint density at radius 3 is 1.38 bits per heavy atom. The average molecular weight is 467 g/mol. The number of rotatable bonds is 6. The summed E-state index contributed by atoms with van der Waals surface area (Å²) in [7, 11) is 0. The van der Waals surface area contributed by atoms with E-state index in [-0.39, 0.29) is 25.3 Å². The van der Waals surface area contributed by atoms with E-state index in [0.717, 1.165) is 11.1 Å². The first-order valence-corrected chi connectivity index (χ1v) is 11.1. The number of carbonyl (C=O) groups excluding carboxylic acids is 2. The number of alkyl carbamates (subject to hydrolysis) is 2. The van der Waals surface area contributed by atoms with Crippen LogP contribution in [-0.2, 0) is 22.7 Å². The Morgan fingerprint density at radius 1 is 0.676 bits per heavy atom. The lowest BCUT2D eigenvalue weighted by Gasteiger charge is -2.11. The molecule has 0 radical (unpaired) electrons. The molecule has 2 amide bonds. The van der Waals surface area contributed by atoms with E-state index in [1.54, 1.807) is 24.3 Å². The van der Waals surface area contributed by atoms with Gasteiger partial charge in [-0.05, 0) is 11.1 Å². The van der Waals surface area contributed by atoms with Crippen LogP contribution in [0.1, 0.15) is 24.0 Å². The van der Waals surface area contributed by atoms with E-state index in [9.17, 15) is 19.8 Å². The molecule has 34 heavy (non-hydrogen) atoms. The monoisotopic (exact) mass is 466 g/mol. The van der Waals surface area contributed by atoms with Crippen molar-refractivity contribution in [2.75, 3.05) is 0 Å². The van der Waals surface area contributed by atoms with Crippen LogP contribution < -0.4 is 10.6 Å². The maximum atomic E-state index is 11.4. The number of aliphatic hydroxyl groups excluding tert-OH is 2. The second-order valence-electron chi connectivity index (χ2n) is 8.00. The molecule has 4 atom stereocenters. The fourth-order valence-corrected chi connectivity index (χ4v) is 3.41. The Balaban J connectivity index is 0.000000191. The molecule has 0 aliphatic heterocycles. The SMILES string of the molecule is O=C(N[C@@H]1C=C[C@H](O)C1)OCc1ccccc1.O=C(N[C@H]1C=C[C@@H](O)C1)OCc1ccccc1. The smallest absolute Gasteiger partial charge is 0.407 e. The fraction of sp³-hybridized carbons (Fsp3) is 0.308. The first-order valence-electron chi connectivity index (χ1n) is 11.1. The van der Waals surface area contributed by atoms with E-state index < -0.39 is 24.4 Å². The molecule has 0 saturated carbocycles. The Kier molecular flexibility index (Phi) is 9.69. The average Bonchev–Trinajstić information content (AvgIpc) is 3.45. The number of nitrogens with one attached hydrogen (secondary N) is 2. The standard InChI is InChI=1S/2C13H15NO3/c2*15-12-7-6-11(8-12)14-13(16)17-9-10-4-2-1-3-5-10/h2*1-7,11-12,15H,8-9H2,(H,14,16)/t2*11-,12+/m10/s1. The van der Waals surface area contributed by atoms with Crippen LogP contribution >= 0.6 is 0 Å². The van der Waals surface area contributed by atoms with E-state index in [4.69, 9.17) is 9.47 Å². The van der Waals surface area contributed by atoms with Crippen LogP contribution in [0.5, 0.6) is 0 Å². The second-order valence-corrected chi connectivity index (χ2v) is 8.00. The summed E-state index contributed by atoms with van der Waals surface area (Å²) in [5, 5.41) is 23.8. The van der Waals surface area contributed by atoms with Crippen LogP contribution in [0.25, 0.3) is 0 Å². The summed E-state index contributed by atoms with van der Waals surface area (Å²) >= 11 is 0. The van der Waals surface area contributed by atoms with E-state index in [2.05, 4.69) is 10.6 Å². The number of hydrogen-bond acceptors (Lipinski definition) is 6. The third-order valence-corrected chi connectivity index (χ3v) is 5.15. The van der Waals surface area contributed by atoms with Gasteiger partial charge in [0.05, 0.1) is 24.3 Å². The Labute approximate surface area is 198 Å². The minimum atomic E-state index is -0.463. The molecule has 0 heterocycles. The van der Waals surface area contributed by atoms with Gasteiger partial charge in [0, 0.05) is 12.8 Å². The van der Waals surface area contributed by atoms with Gasteiger partial charge < -0.3 is 30.3 Å². The van der Waals surface area contributed by atoms with Crippen LogP contribution in [0.15, 0.2) is 85.0 Å². The van der Waals surface area contributed by atoms with Crippen molar-refractivity contribution >= 4 is 12.2 Å². The van der Waals surface area contributed by atoms with Crippen molar-refractivity contribution < 1.29 is 29.3 Å². The Hall–Kier alpha value is -3.62. The van der Waals surface area contributed by atoms with Gasteiger partial charge in [-0.1, -0.05) is 85.0 Å². The van der Waals surface area contributed by atoms with Gasteiger partial charge in [0.2, 0.25) is 0 Å². The summed E-state index contributed by atoms with van der Waals surface area (Å²) in [5.41, 5.74) is 1.90. The fourth-order valence-electron chi connectivity index (χ4n) is 3.41. The van der Waals surface area contributed by atoms with Crippen molar-refractivity contribution in [1.82, 2.24) is 10.6 Å². The van der Waals surface area contributed by atoms with Crippen molar-refractivity contribution in [3.05, 3.63) is 96.1 Å². The summed E-state index contributed by atoms with van der Waals surface area (Å²) in [4.78, 5) is 22.9. The van der Waals surface area contributed by atoms with Gasteiger partial charge in [0.15, 0.2) is 0 Å². The lowest BCUT2D eigenvalue weighted by molar-refractivity contribution is 0.134. The predicted octanol–water partition coefficient (Wildman–Crippen LogP) is 3.20. The molecule has 2 aromatic carbocycles. The van der Waals surface area contributed by atoms with Gasteiger partial charge in [-0.25, -0.2) is 9.59 Å². The third-order valence-electron chi connectivity index (χ3n) is 5.15. The lowest BCUT2D eigenvalue weighted by atomic mass is 10.2. The molecule has 4 rings (SSSR count). The van der Waals surface area contributed by atoms with Gasteiger partial charge in [-0.2, -0.15) is 0 Å². The quantitative estimate of drug-likeness (QED) is 0.486. The van der Waals surface area contributed by atoms with Gasteiger partial charge in [-0.3, -0.25) is 0 Å². The molecule has 0 saturated heterocycles. The number of hydrogen-bond donors (Lipinski definition) is 4. The van der Waals surface area contributed by atoms with E-state index in [1.165, 1.54) is 0 Å². The number of ether oxygens (including phenoxy) is 2. The summed E-state index contributed by atoms with van der Waals surface area (Å²) in [6.45, 7) is 0.511. The number of carbonyl (C=O) groups is 2. The molecule has 8 heteroatoms. The van der Waals surface area contributed by atoms with Crippen molar-refractivity contribution in [3.63, 3.8) is 0 Å². The van der Waals surface area contributed by atoms with Gasteiger partial charge in [0.25, 0.3) is 0 Å². The van der Waals surface area contributed by atoms with Crippen LogP contribution in [-0.4, -0.2) is 46.7 Å². The molecule has 0 unspecified atom stereocenters. The molecule has 2 aromatic rings. The lowest BCUT2D eigenvalue weighted by Crippen LogP contribution is -2.33. The highest BCUT2D eigenvalue weighted by Gasteiger charge is 2.19. The van der Waals surface area contributed by atoms with Crippen LogP contribution in [0.4, 0.5) is 9.59 Å². The number of benzene rings is 2. The topological polar surface area (TPSA) is 117 Å². The normalized spacial score (nSPS) is 22.4. The van der Waals surface area contributed by atoms with Crippen molar-refractivity contribution in [3.8, 4) is 0 Å². The van der Waals surface area contributed by atoms with Gasteiger partial charge in [0.1, 0.15) is 13.2 Å². The first kappa shape index (κ1) is 25.0. The summed E-state index contributed by atoms with van der Waals surface area (Å²) in [5.74, 6) is 0. The van der Waals surface area contributed by atoms with Crippen molar-refractivity contribution in [1.29, 1.82) is 0 Å². The Bertz CT molecular complexity index is 884. The minimum absolute atomic E-state index is 0.131. The molecular weight excluding hydrogens is 436 g/mol. The molecule has 0 aromatic heterocycles.